The highest BCUT2D eigenvalue weighted by molar-refractivity contribution is 5.81. The fourth-order valence-electron chi connectivity index (χ4n) is 5.44. The summed E-state index contributed by atoms with van der Waals surface area (Å²) in [7, 11) is 0. The third-order valence-electron chi connectivity index (χ3n) is 8.15. The molecule has 1 N–H and O–H groups in total. The number of hydrogen-bond donors (Lipinski definition) is 1. The molecule has 0 radical (unpaired) electrons. The number of aromatic hydroxyl groups is 1. The molecule has 0 fully saturated rings. The van der Waals surface area contributed by atoms with Crippen molar-refractivity contribution in [2.75, 3.05) is 0 Å². The van der Waals surface area contributed by atoms with Crippen LogP contribution in [0.25, 0.3) is 27.8 Å². The average molecular weight is 518 g/mol. The molecule has 0 aliphatic rings. The summed E-state index contributed by atoms with van der Waals surface area (Å²) < 4.78 is 0. The zero-order valence-electron chi connectivity index (χ0n) is 23.8. The minimum atomic E-state index is -0.414. The van der Waals surface area contributed by atoms with Crippen LogP contribution in [0.15, 0.2) is 91.0 Å². The van der Waals surface area contributed by atoms with Crippen molar-refractivity contribution in [3.05, 3.63) is 108 Å². The summed E-state index contributed by atoms with van der Waals surface area (Å²) >= 11 is 0. The van der Waals surface area contributed by atoms with Gasteiger partial charge in [-0.05, 0) is 52.3 Å². The Morgan fingerprint density at radius 3 is 2.05 bits per heavy atom. The summed E-state index contributed by atoms with van der Waals surface area (Å²) in [5, 5.41) is 21.5. The Morgan fingerprint density at radius 2 is 1.36 bits per heavy atom. The molecule has 4 heteroatoms. The van der Waals surface area contributed by atoms with Gasteiger partial charge in [0.15, 0.2) is 0 Å². The maximum atomic E-state index is 11.8. The molecule has 5 aromatic rings. The maximum absolute atomic E-state index is 11.8. The molecule has 200 valence electrons. The van der Waals surface area contributed by atoms with E-state index in [1.807, 2.05) is 30.3 Å². The van der Waals surface area contributed by atoms with E-state index in [-0.39, 0.29) is 11.2 Å². The van der Waals surface area contributed by atoms with Gasteiger partial charge in [0.2, 0.25) is 0 Å². The summed E-state index contributed by atoms with van der Waals surface area (Å²) in [6.07, 6.45) is 4.65. The highest BCUT2D eigenvalue weighted by atomic mass is 16.3. The van der Waals surface area contributed by atoms with E-state index < -0.39 is 5.41 Å². The third-order valence-corrected chi connectivity index (χ3v) is 8.15. The van der Waals surface area contributed by atoms with Gasteiger partial charge in [0.1, 0.15) is 22.5 Å². The second kappa shape index (κ2) is 10.7. The Bertz CT molecular complexity index is 1570. The molecule has 1 heterocycles. The molecular weight excluding hydrogens is 478 g/mol. The molecule has 1 aromatic heterocycles. The lowest BCUT2D eigenvalue weighted by molar-refractivity contribution is 0.433. The van der Waals surface area contributed by atoms with Crippen LogP contribution in [-0.4, -0.2) is 20.1 Å². The van der Waals surface area contributed by atoms with Gasteiger partial charge in [0, 0.05) is 11.0 Å². The first kappa shape index (κ1) is 26.7. The van der Waals surface area contributed by atoms with E-state index in [1.165, 1.54) is 24.8 Å². The Balaban J connectivity index is 1.66. The van der Waals surface area contributed by atoms with Gasteiger partial charge in [-0.15, -0.1) is 15.0 Å². The number of unbranched alkanes of at least 4 members (excludes halogenated alkanes) is 2. The van der Waals surface area contributed by atoms with E-state index >= 15 is 0 Å². The van der Waals surface area contributed by atoms with Crippen molar-refractivity contribution < 1.29 is 5.11 Å². The molecule has 39 heavy (non-hydrogen) atoms. The van der Waals surface area contributed by atoms with E-state index in [9.17, 15) is 5.11 Å². The highest BCUT2D eigenvalue weighted by Gasteiger charge is 2.32. The molecule has 0 saturated heterocycles. The number of aromatic nitrogens is 3. The van der Waals surface area contributed by atoms with Crippen LogP contribution < -0.4 is 0 Å². The van der Waals surface area contributed by atoms with Crippen molar-refractivity contribution in [2.45, 2.75) is 71.1 Å². The second-order valence-electron chi connectivity index (χ2n) is 11.8. The van der Waals surface area contributed by atoms with Crippen molar-refractivity contribution >= 4 is 11.0 Å². The van der Waals surface area contributed by atoms with E-state index in [2.05, 4.69) is 95.3 Å². The SMILES string of the molecule is CCCCCC(C)(C)c1cc(-n2nc3ccc(-c4ccccc4)cc3n2)c(O)c(C(C)(C)c2ccccc2)c1. The molecule has 4 aromatic carbocycles. The monoisotopic (exact) mass is 517 g/mol. The number of phenols is 1. The van der Waals surface area contributed by atoms with Crippen LogP contribution in [0.3, 0.4) is 0 Å². The molecule has 5 rings (SSSR count). The standard InChI is InChI=1S/C35H39N3O/c1-6-7-14-21-34(2,3)28-23-29(35(4,5)27-17-12-9-13-18-27)33(39)32(24-28)38-36-30-20-19-26(22-31(30)37-38)25-15-10-8-11-16-25/h8-13,15-20,22-24,39H,6-7,14,21H2,1-5H3. The van der Waals surface area contributed by atoms with Crippen LogP contribution in [0.1, 0.15) is 77.0 Å². The summed E-state index contributed by atoms with van der Waals surface area (Å²) in [6, 6.07) is 31.1. The van der Waals surface area contributed by atoms with Gasteiger partial charge in [0.05, 0.1) is 0 Å². The molecule has 0 spiro atoms. The largest absolute Gasteiger partial charge is 0.505 e. The van der Waals surface area contributed by atoms with Crippen LogP contribution in [0.2, 0.25) is 0 Å². The zero-order chi connectivity index (χ0) is 27.6. The number of rotatable bonds is 9. The first-order chi connectivity index (χ1) is 18.7. The van der Waals surface area contributed by atoms with Gasteiger partial charge in [-0.1, -0.05) is 127 Å². The minimum Gasteiger partial charge on any atom is -0.505 e. The molecule has 0 aliphatic carbocycles. The van der Waals surface area contributed by atoms with Gasteiger partial charge in [-0.25, -0.2) is 0 Å². The van der Waals surface area contributed by atoms with Gasteiger partial charge >= 0.3 is 0 Å². The first-order valence-electron chi connectivity index (χ1n) is 14.1. The van der Waals surface area contributed by atoms with Crippen molar-refractivity contribution in [2.24, 2.45) is 0 Å². The lowest BCUT2D eigenvalue weighted by Gasteiger charge is -2.32. The lowest BCUT2D eigenvalue weighted by atomic mass is 9.73. The van der Waals surface area contributed by atoms with Crippen LogP contribution >= 0.6 is 0 Å². The number of benzene rings is 4. The third kappa shape index (κ3) is 5.34. The van der Waals surface area contributed by atoms with Crippen LogP contribution in [-0.2, 0) is 10.8 Å². The molecule has 0 atom stereocenters. The highest BCUT2D eigenvalue weighted by Crippen LogP contribution is 2.43. The van der Waals surface area contributed by atoms with Crippen molar-refractivity contribution in [3.63, 3.8) is 0 Å². The van der Waals surface area contributed by atoms with Crippen LogP contribution in [0, 0.1) is 0 Å². The molecule has 0 bridgehead atoms. The van der Waals surface area contributed by atoms with E-state index in [1.54, 1.807) is 4.80 Å². The molecule has 0 amide bonds. The topological polar surface area (TPSA) is 50.9 Å². The predicted octanol–water partition coefficient (Wildman–Crippen LogP) is 8.98. The van der Waals surface area contributed by atoms with Gasteiger partial charge in [-0.3, -0.25) is 0 Å². The summed E-state index contributed by atoms with van der Waals surface area (Å²) in [6.45, 7) is 11.2. The molecule has 0 aliphatic heterocycles. The average Bonchev–Trinajstić information content (AvgIpc) is 3.37. The smallest absolute Gasteiger partial charge is 0.147 e. The maximum Gasteiger partial charge on any atom is 0.147 e. The van der Waals surface area contributed by atoms with Crippen molar-refractivity contribution in [1.29, 1.82) is 0 Å². The second-order valence-corrected chi connectivity index (χ2v) is 11.8. The van der Waals surface area contributed by atoms with E-state index in [0.717, 1.165) is 39.7 Å². The van der Waals surface area contributed by atoms with Crippen molar-refractivity contribution in [1.82, 2.24) is 15.0 Å². The molecular formula is C35H39N3O. The summed E-state index contributed by atoms with van der Waals surface area (Å²) in [5.41, 5.74) is 7.20. The molecule has 0 saturated carbocycles. The minimum absolute atomic E-state index is 0.0633. The van der Waals surface area contributed by atoms with E-state index in [4.69, 9.17) is 10.2 Å². The lowest BCUT2D eigenvalue weighted by Crippen LogP contribution is -2.23. The summed E-state index contributed by atoms with van der Waals surface area (Å²) in [5.74, 6) is 0.223. The number of hydrogen-bond acceptors (Lipinski definition) is 3. The first-order valence-corrected chi connectivity index (χ1v) is 14.1. The van der Waals surface area contributed by atoms with Gasteiger partial charge in [-0.2, -0.15) is 0 Å². The van der Waals surface area contributed by atoms with E-state index in [0.29, 0.717) is 5.69 Å². The Kier molecular flexibility index (Phi) is 7.31. The Morgan fingerprint density at radius 1 is 0.692 bits per heavy atom. The van der Waals surface area contributed by atoms with Gasteiger partial charge in [0.25, 0.3) is 0 Å². The predicted molar refractivity (Wildman–Crippen MR) is 162 cm³/mol. The fourth-order valence-corrected chi connectivity index (χ4v) is 5.44. The van der Waals surface area contributed by atoms with Crippen molar-refractivity contribution in [3.8, 4) is 22.6 Å². The number of phenolic OH excluding ortho intramolecular Hbond substituents is 1. The van der Waals surface area contributed by atoms with Crippen LogP contribution in [0.5, 0.6) is 5.75 Å². The number of nitrogens with zero attached hydrogens (tertiary/aromatic N) is 3. The normalized spacial score (nSPS) is 12.2. The molecule has 4 nitrogen and oxygen atoms in total. The Hall–Kier alpha value is -3.92. The quantitative estimate of drug-likeness (QED) is 0.199. The molecule has 0 unspecified atom stereocenters. The number of fused-ring (bicyclic) bond motifs is 1. The van der Waals surface area contributed by atoms with Crippen LogP contribution in [0.4, 0.5) is 0 Å². The van der Waals surface area contributed by atoms with Gasteiger partial charge < -0.3 is 5.11 Å². The fraction of sp³-hybridized carbons (Fsp3) is 0.314. The summed E-state index contributed by atoms with van der Waals surface area (Å²) in [4.78, 5) is 1.62. The Labute approximate surface area is 232 Å². The zero-order valence-corrected chi connectivity index (χ0v) is 23.8.